The van der Waals surface area contributed by atoms with Gasteiger partial charge in [0.15, 0.2) is 0 Å². The standard InChI is InChI=1S/C29H40N2O2/c1-6-31(7-2)28(32)24-12-9-11-23(14-15-24)27(21-29(4)16-18-30-19-17-29)26-20-25(33-5)13-8-10-22(26)3/h9-10,12-15,20-21,30H,6-8,11,16-19H2,1-5H3/b27-21-. The van der Waals surface area contributed by atoms with Gasteiger partial charge >= 0.3 is 0 Å². The number of hydrogen-bond acceptors (Lipinski definition) is 3. The molecule has 33 heavy (non-hydrogen) atoms. The molecule has 1 heterocycles. The molecule has 0 saturated carbocycles. The van der Waals surface area contributed by atoms with E-state index in [0.717, 1.165) is 63.2 Å². The molecule has 178 valence electrons. The lowest BCUT2D eigenvalue weighted by atomic mass is 9.76. The molecule has 1 amide bonds. The van der Waals surface area contributed by atoms with Crippen molar-refractivity contribution in [2.75, 3.05) is 33.3 Å². The van der Waals surface area contributed by atoms with Crippen molar-refractivity contribution in [1.82, 2.24) is 10.2 Å². The molecule has 4 nitrogen and oxygen atoms in total. The molecular weight excluding hydrogens is 408 g/mol. The van der Waals surface area contributed by atoms with Gasteiger partial charge in [0, 0.05) is 18.7 Å². The van der Waals surface area contributed by atoms with Crippen molar-refractivity contribution < 1.29 is 9.53 Å². The monoisotopic (exact) mass is 448 g/mol. The maximum atomic E-state index is 12.9. The number of allylic oxidation sites excluding steroid dienone is 11. The van der Waals surface area contributed by atoms with Gasteiger partial charge in [-0.3, -0.25) is 4.79 Å². The lowest BCUT2D eigenvalue weighted by Crippen LogP contribution is -2.33. The van der Waals surface area contributed by atoms with Crippen molar-refractivity contribution in [1.29, 1.82) is 0 Å². The van der Waals surface area contributed by atoms with Crippen LogP contribution < -0.4 is 5.32 Å². The maximum Gasteiger partial charge on any atom is 0.253 e. The Labute approximate surface area is 200 Å². The van der Waals surface area contributed by atoms with E-state index in [4.69, 9.17) is 4.74 Å². The number of rotatable bonds is 7. The predicted molar refractivity (Wildman–Crippen MR) is 138 cm³/mol. The Morgan fingerprint density at radius 3 is 2.58 bits per heavy atom. The number of nitrogens with zero attached hydrogens (tertiary/aromatic N) is 1. The second-order valence-corrected chi connectivity index (χ2v) is 9.35. The summed E-state index contributed by atoms with van der Waals surface area (Å²) in [5.41, 5.74) is 5.86. The summed E-state index contributed by atoms with van der Waals surface area (Å²) in [6.07, 6.45) is 21.2. The summed E-state index contributed by atoms with van der Waals surface area (Å²) in [5, 5.41) is 3.50. The zero-order chi connectivity index (χ0) is 23.8. The van der Waals surface area contributed by atoms with Crippen LogP contribution in [0, 0.1) is 5.41 Å². The van der Waals surface area contributed by atoms with Crippen molar-refractivity contribution >= 4 is 5.91 Å². The van der Waals surface area contributed by atoms with E-state index >= 15 is 0 Å². The first kappa shape index (κ1) is 25.0. The largest absolute Gasteiger partial charge is 0.497 e. The third kappa shape index (κ3) is 6.26. The molecule has 0 aromatic carbocycles. The first-order chi connectivity index (χ1) is 15.9. The highest BCUT2D eigenvalue weighted by Crippen LogP contribution is 2.38. The van der Waals surface area contributed by atoms with Gasteiger partial charge in [-0.25, -0.2) is 0 Å². The zero-order valence-corrected chi connectivity index (χ0v) is 21.0. The number of methoxy groups -OCH3 is 1. The summed E-state index contributed by atoms with van der Waals surface area (Å²) >= 11 is 0. The topological polar surface area (TPSA) is 41.6 Å². The highest BCUT2D eigenvalue weighted by Gasteiger charge is 2.27. The molecule has 0 aromatic rings. The van der Waals surface area contributed by atoms with Gasteiger partial charge in [-0.05, 0) is 105 Å². The Hall–Kier alpha value is -2.59. The number of piperidine rings is 1. The maximum absolute atomic E-state index is 12.9. The van der Waals surface area contributed by atoms with Crippen LogP contribution in [0.3, 0.4) is 0 Å². The predicted octanol–water partition coefficient (Wildman–Crippen LogP) is 5.79. The van der Waals surface area contributed by atoms with E-state index in [-0.39, 0.29) is 11.3 Å². The molecule has 0 radical (unpaired) electrons. The molecule has 0 aromatic heterocycles. The van der Waals surface area contributed by atoms with Crippen molar-refractivity contribution in [3.05, 3.63) is 82.2 Å². The summed E-state index contributed by atoms with van der Waals surface area (Å²) in [6.45, 7) is 12.1. The first-order valence-corrected chi connectivity index (χ1v) is 12.3. The van der Waals surface area contributed by atoms with Crippen LogP contribution in [0.1, 0.15) is 53.4 Å². The fraction of sp³-hybridized carbons (Fsp3) is 0.483. The van der Waals surface area contributed by atoms with Gasteiger partial charge in [0.2, 0.25) is 0 Å². The number of likely N-dealkylation sites (N-methyl/N-ethyl adjacent to an activating group) is 1. The minimum Gasteiger partial charge on any atom is -0.497 e. The van der Waals surface area contributed by atoms with E-state index in [1.54, 1.807) is 7.11 Å². The molecule has 0 unspecified atom stereocenters. The molecule has 0 bridgehead atoms. The SMILES string of the molecule is CCN(CC)C(=O)C1=CC=C(/C(=C/C2(C)CCNCC2)C2=CC(OC)=CCC=C2C)CC=C1. The molecule has 0 atom stereocenters. The Kier molecular flexibility index (Phi) is 8.74. The molecular formula is C29H40N2O2. The Morgan fingerprint density at radius 2 is 1.91 bits per heavy atom. The summed E-state index contributed by atoms with van der Waals surface area (Å²) in [6, 6.07) is 0. The smallest absolute Gasteiger partial charge is 0.253 e. The number of carbonyl (C=O) groups is 1. The lowest BCUT2D eigenvalue weighted by Gasteiger charge is -2.33. The van der Waals surface area contributed by atoms with Gasteiger partial charge in [0.25, 0.3) is 5.91 Å². The van der Waals surface area contributed by atoms with Gasteiger partial charge in [-0.2, -0.15) is 0 Å². The van der Waals surface area contributed by atoms with E-state index in [0.29, 0.717) is 0 Å². The zero-order valence-electron chi connectivity index (χ0n) is 21.0. The second kappa shape index (κ2) is 11.5. The molecule has 1 N–H and O–H groups in total. The van der Waals surface area contributed by atoms with Crippen molar-refractivity contribution in [2.24, 2.45) is 5.41 Å². The van der Waals surface area contributed by atoms with E-state index in [2.05, 4.69) is 55.6 Å². The summed E-state index contributed by atoms with van der Waals surface area (Å²) in [5.74, 6) is 0.996. The summed E-state index contributed by atoms with van der Waals surface area (Å²) in [7, 11) is 1.74. The quantitative estimate of drug-likeness (QED) is 0.536. The van der Waals surface area contributed by atoms with Crippen LogP contribution in [0.4, 0.5) is 0 Å². The van der Waals surface area contributed by atoms with Gasteiger partial charge in [0.1, 0.15) is 5.76 Å². The Bertz CT molecular complexity index is 946. The first-order valence-electron chi connectivity index (χ1n) is 12.3. The van der Waals surface area contributed by atoms with Gasteiger partial charge in [-0.15, -0.1) is 0 Å². The van der Waals surface area contributed by atoms with Gasteiger partial charge < -0.3 is 15.0 Å². The van der Waals surface area contributed by atoms with Gasteiger partial charge in [0.05, 0.1) is 7.11 Å². The van der Waals surface area contributed by atoms with Crippen molar-refractivity contribution in [3.63, 3.8) is 0 Å². The van der Waals surface area contributed by atoms with Crippen LogP contribution in [-0.4, -0.2) is 44.1 Å². The molecule has 4 heteroatoms. The minimum atomic E-state index is 0.0963. The molecule has 1 aliphatic heterocycles. The number of ether oxygens (including phenoxy) is 1. The van der Waals surface area contributed by atoms with E-state index in [1.165, 1.54) is 22.3 Å². The number of amides is 1. The molecule has 3 rings (SSSR count). The third-order valence-electron chi connectivity index (χ3n) is 6.96. The molecule has 0 spiro atoms. The van der Waals surface area contributed by atoms with E-state index in [9.17, 15) is 4.79 Å². The average molecular weight is 449 g/mol. The fourth-order valence-corrected chi connectivity index (χ4v) is 4.71. The molecule has 1 saturated heterocycles. The number of hydrogen-bond donors (Lipinski definition) is 1. The second-order valence-electron chi connectivity index (χ2n) is 9.35. The molecule has 1 fully saturated rings. The average Bonchev–Trinajstić information content (AvgIpc) is 3.17. The van der Waals surface area contributed by atoms with Crippen molar-refractivity contribution in [2.45, 2.75) is 53.4 Å². The van der Waals surface area contributed by atoms with Crippen molar-refractivity contribution in [3.8, 4) is 0 Å². The van der Waals surface area contributed by atoms with Crippen LogP contribution in [0.5, 0.6) is 0 Å². The normalized spacial score (nSPS) is 21.0. The fourth-order valence-electron chi connectivity index (χ4n) is 4.71. The highest BCUT2D eigenvalue weighted by molar-refractivity contribution is 5.96. The highest BCUT2D eigenvalue weighted by atomic mass is 16.5. The number of nitrogens with one attached hydrogen (secondary N) is 1. The summed E-state index contributed by atoms with van der Waals surface area (Å²) in [4.78, 5) is 14.8. The molecule has 2 aliphatic carbocycles. The Balaban J connectivity index is 2.08. The number of carbonyl (C=O) groups excluding carboxylic acids is 1. The van der Waals surface area contributed by atoms with Crippen LogP contribution in [0.15, 0.2) is 82.2 Å². The minimum absolute atomic E-state index is 0.0963. The van der Waals surface area contributed by atoms with Crippen LogP contribution in [0.2, 0.25) is 0 Å². The molecule has 3 aliphatic rings. The van der Waals surface area contributed by atoms with Crippen LogP contribution in [0.25, 0.3) is 0 Å². The van der Waals surface area contributed by atoms with Crippen LogP contribution in [-0.2, 0) is 9.53 Å². The van der Waals surface area contributed by atoms with E-state index < -0.39 is 0 Å². The van der Waals surface area contributed by atoms with Gasteiger partial charge in [-0.1, -0.05) is 37.3 Å². The van der Waals surface area contributed by atoms with Crippen LogP contribution >= 0.6 is 0 Å². The lowest BCUT2D eigenvalue weighted by molar-refractivity contribution is -0.126. The Morgan fingerprint density at radius 1 is 1.18 bits per heavy atom. The third-order valence-corrected chi connectivity index (χ3v) is 6.96. The summed E-state index contributed by atoms with van der Waals surface area (Å²) < 4.78 is 5.65. The van der Waals surface area contributed by atoms with E-state index in [1.807, 2.05) is 30.9 Å².